The summed E-state index contributed by atoms with van der Waals surface area (Å²) >= 11 is 1.36. The normalized spacial score (nSPS) is 14.4. The summed E-state index contributed by atoms with van der Waals surface area (Å²) in [4.78, 5) is 8.70. The predicted molar refractivity (Wildman–Crippen MR) is 152 cm³/mol. The van der Waals surface area contributed by atoms with Crippen molar-refractivity contribution in [3.8, 4) is 23.0 Å². The van der Waals surface area contributed by atoms with Crippen LogP contribution in [0.3, 0.4) is 0 Å². The van der Waals surface area contributed by atoms with E-state index in [2.05, 4.69) is 45.7 Å². The number of aromatic nitrogens is 5. The molecule has 0 bridgehead atoms. The zero-order valence-electron chi connectivity index (χ0n) is 22.2. The highest BCUT2D eigenvalue weighted by molar-refractivity contribution is 8.32. The van der Waals surface area contributed by atoms with E-state index in [0.29, 0.717) is 30.6 Å². The first-order valence-corrected chi connectivity index (χ1v) is 15.8. The van der Waals surface area contributed by atoms with Crippen molar-refractivity contribution in [1.29, 1.82) is 0 Å². The average molecular weight is 542 g/mol. The molecule has 0 fully saturated rings. The fourth-order valence-electron chi connectivity index (χ4n) is 3.78. The van der Waals surface area contributed by atoms with Crippen LogP contribution in [0.25, 0.3) is 22.0 Å². The molecule has 0 saturated heterocycles. The Labute approximate surface area is 223 Å². The van der Waals surface area contributed by atoms with Crippen LogP contribution in [-0.2, 0) is 23.6 Å². The molecule has 4 aromatic heterocycles. The van der Waals surface area contributed by atoms with Gasteiger partial charge < -0.3 is 19.5 Å². The van der Waals surface area contributed by atoms with E-state index in [4.69, 9.17) is 4.74 Å². The third-order valence-corrected chi connectivity index (χ3v) is 7.99. The Morgan fingerprint density at radius 2 is 1.89 bits per heavy atom. The van der Waals surface area contributed by atoms with Crippen molar-refractivity contribution in [3.63, 3.8) is 0 Å². The highest BCUT2D eigenvalue weighted by Crippen LogP contribution is 2.34. The van der Waals surface area contributed by atoms with Gasteiger partial charge in [0, 0.05) is 46.2 Å². The Morgan fingerprint density at radius 1 is 1.11 bits per heavy atom. The maximum atomic E-state index is 10.7. The van der Waals surface area contributed by atoms with Gasteiger partial charge in [0.25, 0.3) is 0 Å². The molecule has 0 aliphatic carbocycles. The van der Waals surface area contributed by atoms with Crippen molar-refractivity contribution >= 4 is 32.3 Å². The van der Waals surface area contributed by atoms with Crippen molar-refractivity contribution < 1.29 is 14.9 Å². The SMILES string of the molecule is CC(C)(O)Cn1cc(-c2cnn(COCCS(C)(C)C)c2)c2cc(C#CC(C)(O)c3nccs3)ncc21. The van der Waals surface area contributed by atoms with E-state index >= 15 is 0 Å². The van der Waals surface area contributed by atoms with Gasteiger partial charge in [-0.25, -0.2) is 24.7 Å². The molecule has 0 radical (unpaired) electrons. The summed E-state index contributed by atoms with van der Waals surface area (Å²) in [7, 11) is -0.597. The summed E-state index contributed by atoms with van der Waals surface area (Å²) in [6, 6.07) is 1.91. The van der Waals surface area contributed by atoms with Gasteiger partial charge in [-0.3, -0.25) is 0 Å². The molecule has 4 aromatic rings. The summed E-state index contributed by atoms with van der Waals surface area (Å²) in [5.74, 6) is 6.97. The number of pyridine rings is 1. The van der Waals surface area contributed by atoms with Crippen molar-refractivity contribution in [2.24, 2.45) is 0 Å². The number of aliphatic hydroxyl groups is 2. The highest BCUT2D eigenvalue weighted by Gasteiger charge is 2.23. The van der Waals surface area contributed by atoms with E-state index in [1.165, 1.54) is 11.3 Å². The van der Waals surface area contributed by atoms with Crippen LogP contribution in [0.15, 0.2) is 42.4 Å². The minimum absolute atomic E-state index is 0.391. The summed E-state index contributed by atoms with van der Waals surface area (Å²) in [5.41, 5.74) is 1.04. The number of ether oxygens (including phenoxy) is 1. The van der Waals surface area contributed by atoms with Crippen molar-refractivity contribution in [1.82, 2.24) is 24.3 Å². The first-order chi connectivity index (χ1) is 17.3. The first kappa shape index (κ1) is 27.4. The summed E-state index contributed by atoms with van der Waals surface area (Å²) in [6.45, 7) is 6.69. The van der Waals surface area contributed by atoms with Crippen molar-refractivity contribution in [2.75, 3.05) is 31.1 Å². The van der Waals surface area contributed by atoms with E-state index in [1.54, 1.807) is 37.8 Å². The number of fused-ring (bicyclic) bond motifs is 1. The monoisotopic (exact) mass is 541 g/mol. The lowest BCUT2D eigenvalue weighted by atomic mass is 10.1. The van der Waals surface area contributed by atoms with Crippen molar-refractivity contribution in [3.05, 3.63) is 53.1 Å². The average Bonchev–Trinajstić information content (AvgIpc) is 3.54. The molecule has 1 unspecified atom stereocenters. The lowest BCUT2D eigenvalue weighted by Gasteiger charge is -2.24. The van der Waals surface area contributed by atoms with E-state index in [1.807, 2.05) is 34.6 Å². The van der Waals surface area contributed by atoms with Crippen LogP contribution in [0.5, 0.6) is 0 Å². The summed E-state index contributed by atoms with van der Waals surface area (Å²) < 4.78 is 9.64. The van der Waals surface area contributed by atoms with E-state index in [0.717, 1.165) is 27.8 Å². The lowest BCUT2D eigenvalue weighted by molar-refractivity contribution is 0.0628. The van der Waals surface area contributed by atoms with Gasteiger partial charge in [-0.05, 0) is 51.5 Å². The molecule has 10 heteroatoms. The minimum Gasteiger partial charge on any atom is -0.389 e. The molecule has 37 heavy (non-hydrogen) atoms. The van der Waals surface area contributed by atoms with Gasteiger partial charge in [-0.1, -0.05) is 5.92 Å². The lowest BCUT2D eigenvalue weighted by Crippen LogP contribution is -2.25. The Balaban J connectivity index is 1.65. The molecule has 0 aliphatic heterocycles. The summed E-state index contributed by atoms with van der Waals surface area (Å²) in [5, 5.41) is 29.0. The largest absolute Gasteiger partial charge is 0.389 e. The molecule has 4 heterocycles. The van der Waals surface area contributed by atoms with Crippen LogP contribution in [0.2, 0.25) is 0 Å². The fourth-order valence-corrected chi connectivity index (χ4v) is 5.05. The molecule has 0 aromatic carbocycles. The molecular formula is C27H35N5O3S2. The van der Waals surface area contributed by atoms with Crippen LogP contribution in [-0.4, -0.2) is 71.3 Å². The van der Waals surface area contributed by atoms with Crippen LogP contribution in [0.1, 0.15) is 31.5 Å². The van der Waals surface area contributed by atoms with Gasteiger partial charge in [0.15, 0.2) is 5.60 Å². The molecular weight excluding hydrogens is 506 g/mol. The molecule has 0 saturated carbocycles. The molecule has 1 atom stereocenters. The molecule has 198 valence electrons. The maximum Gasteiger partial charge on any atom is 0.174 e. The van der Waals surface area contributed by atoms with Crippen LogP contribution in [0.4, 0.5) is 0 Å². The van der Waals surface area contributed by atoms with E-state index in [9.17, 15) is 10.2 Å². The Morgan fingerprint density at radius 3 is 2.57 bits per heavy atom. The molecule has 4 rings (SSSR count). The van der Waals surface area contributed by atoms with Gasteiger partial charge in [0.1, 0.15) is 17.4 Å². The third-order valence-electron chi connectivity index (χ3n) is 5.62. The Bertz CT molecular complexity index is 1410. The van der Waals surface area contributed by atoms with Gasteiger partial charge in [0.05, 0.1) is 36.7 Å². The number of thiazole rings is 1. The van der Waals surface area contributed by atoms with Gasteiger partial charge in [-0.15, -0.1) is 11.3 Å². The smallest absolute Gasteiger partial charge is 0.174 e. The standard InChI is InChI=1S/C27H35N5O3S2/c1-26(2,33)18-31-17-23(20-14-30-32(16-20)19-35-10-12-37(4,5)6)22-13-21(29-15-24(22)31)7-8-27(3,34)25-28-9-11-36-25/h9,11,13-17,33-34H,10,12,18-19H2,1-6H3. The minimum atomic E-state index is -1.36. The van der Waals surface area contributed by atoms with Gasteiger partial charge >= 0.3 is 0 Å². The third kappa shape index (κ3) is 7.21. The topological polar surface area (TPSA) is 98.2 Å². The zero-order chi connectivity index (χ0) is 26.8. The number of nitrogens with zero attached hydrogens (tertiary/aromatic N) is 5. The fraction of sp³-hybridized carbons (Fsp3) is 0.444. The highest BCUT2D eigenvalue weighted by atomic mass is 32.3. The van der Waals surface area contributed by atoms with Crippen LogP contribution < -0.4 is 0 Å². The zero-order valence-corrected chi connectivity index (χ0v) is 23.9. The molecule has 0 amide bonds. The quantitative estimate of drug-likeness (QED) is 0.245. The number of rotatable bonds is 9. The molecule has 2 N–H and O–H groups in total. The van der Waals surface area contributed by atoms with Crippen molar-refractivity contribution in [2.45, 2.75) is 45.2 Å². The molecule has 8 nitrogen and oxygen atoms in total. The predicted octanol–water partition coefficient (Wildman–Crippen LogP) is 4.05. The maximum absolute atomic E-state index is 10.7. The Hall–Kier alpha value is -2.68. The van der Waals surface area contributed by atoms with E-state index in [-0.39, 0.29) is 0 Å². The second kappa shape index (κ2) is 10.6. The van der Waals surface area contributed by atoms with Gasteiger partial charge in [-0.2, -0.15) is 5.10 Å². The Kier molecular flexibility index (Phi) is 7.83. The number of hydrogen-bond acceptors (Lipinski definition) is 7. The summed E-state index contributed by atoms with van der Waals surface area (Å²) in [6.07, 6.45) is 16.0. The second-order valence-corrected chi connectivity index (χ2v) is 16.3. The van der Waals surface area contributed by atoms with Crippen LogP contribution in [0, 0.1) is 11.8 Å². The second-order valence-electron chi connectivity index (χ2n) is 10.8. The molecule has 0 spiro atoms. The first-order valence-electron chi connectivity index (χ1n) is 11.9. The number of hydrogen-bond donors (Lipinski definition) is 2. The molecule has 0 aliphatic rings. The van der Waals surface area contributed by atoms with Gasteiger partial charge in [0.2, 0.25) is 0 Å². The van der Waals surface area contributed by atoms with E-state index < -0.39 is 21.2 Å². The van der Waals surface area contributed by atoms with Crippen LogP contribution >= 0.6 is 21.4 Å².